The van der Waals surface area contributed by atoms with Gasteiger partial charge in [-0.1, -0.05) is 18.2 Å². The summed E-state index contributed by atoms with van der Waals surface area (Å²) in [7, 11) is 1.58. The highest BCUT2D eigenvalue weighted by Crippen LogP contribution is 2.54. The van der Waals surface area contributed by atoms with E-state index in [1.54, 1.807) is 53.1 Å². The average molecular weight is 532 g/mol. The lowest BCUT2D eigenvalue weighted by molar-refractivity contribution is -0.145. The number of nitrogens with zero attached hydrogens (tertiary/aromatic N) is 4. The van der Waals surface area contributed by atoms with Crippen LogP contribution in [0.2, 0.25) is 0 Å². The Kier molecular flexibility index (Phi) is 7.49. The Hall–Kier alpha value is -4.02. The van der Waals surface area contributed by atoms with E-state index in [9.17, 15) is 9.59 Å². The lowest BCUT2D eigenvalue weighted by atomic mass is 9.82. The second-order valence-electron chi connectivity index (χ2n) is 9.97. The monoisotopic (exact) mass is 531 g/mol. The van der Waals surface area contributed by atoms with Crippen LogP contribution in [0.15, 0.2) is 61.3 Å². The predicted molar refractivity (Wildman–Crippen MR) is 146 cm³/mol. The quantitative estimate of drug-likeness (QED) is 0.385. The predicted octanol–water partition coefficient (Wildman–Crippen LogP) is 3.32. The minimum absolute atomic E-state index is 0.0235. The van der Waals surface area contributed by atoms with Gasteiger partial charge in [0.05, 0.1) is 24.6 Å². The number of aromatic nitrogens is 3. The first kappa shape index (κ1) is 26.6. The largest absolute Gasteiger partial charge is 0.497 e. The van der Waals surface area contributed by atoms with Gasteiger partial charge in [-0.2, -0.15) is 0 Å². The third-order valence-corrected chi connectivity index (χ3v) is 7.47. The van der Waals surface area contributed by atoms with E-state index in [1.165, 1.54) is 0 Å². The maximum atomic E-state index is 13.9. The first-order valence-corrected chi connectivity index (χ1v) is 13.1. The standard InChI is InChI=1S/C29H33N5O5/c1-4-13-34-26-10-7-21(30-27(36)20-5-8-23(38-3)9-6-20)17-25(26)29(28(34)37)19(2)16-24(39-29)11-14-33-18-22(12-15-35)31-32-33/h4-10,17-19,24,35H,1,11-16H2,2-3H3,(H,30,36)/t19-,24+,29+/m1/s1. The Morgan fingerprint density at radius 2 is 2.10 bits per heavy atom. The van der Waals surface area contributed by atoms with Crippen molar-refractivity contribution in [3.63, 3.8) is 0 Å². The van der Waals surface area contributed by atoms with Crippen LogP contribution in [0.1, 0.15) is 41.4 Å². The first-order valence-electron chi connectivity index (χ1n) is 13.1. The summed E-state index contributed by atoms with van der Waals surface area (Å²) in [6.45, 7) is 6.84. The van der Waals surface area contributed by atoms with Crippen molar-refractivity contribution < 1.29 is 24.2 Å². The molecule has 0 radical (unpaired) electrons. The van der Waals surface area contributed by atoms with E-state index in [2.05, 4.69) is 22.2 Å². The molecule has 10 heteroatoms. The molecule has 10 nitrogen and oxygen atoms in total. The zero-order valence-corrected chi connectivity index (χ0v) is 22.2. The minimum atomic E-state index is -1.14. The summed E-state index contributed by atoms with van der Waals surface area (Å²) in [4.78, 5) is 28.5. The normalized spacial score (nSPS) is 21.8. The highest BCUT2D eigenvalue weighted by atomic mass is 16.5. The van der Waals surface area contributed by atoms with E-state index in [-0.39, 0.29) is 30.4 Å². The molecule has 1 spiro atoms. The van der Waals surface area contributed by atoms with Crippen LogP contribution in [0.25, 0.3) is 0 Å². The highest BCUT2D eigenvalue weighted by Gasteiger charge is 2.59. The molecule has 204 valence electrons. The second kappa shape index (κ2) is 11.0. The molecule has 2 aliphatic rings. The van der Waals surface area contributed by atoms with Crippen molar-refractivity contribution in [3.8, 4) is 5.75 Å². The molecular formula is C29H33N5O5. The molecule has 3 heterocycles. The van der Waals surface area contributed by atoms with Gasteiger partial charge in [0.1, 0.15) is 5.75 Å². The van der Waals surface area contributed by atoms with Crippen LogP contribution in [0.3, 0.4) is 0 Å². The van der Waals surface area contributed by atoms with Crippen molar-refractivity contribution in [1.82, 2.24) is 15.0 Å². The Morgan fingerprint density at radius 3 is 2.82 bits per heavy atom. The molecule has 39 heavy (non-hydrogen) atoms. The molecule has 2 N–H and O–H groups in total. The van der Waals surface area contributed by atoms with Gasteiger partial charge in [-0.3, -0.25) is 14.3 Å². The highest BCUT2D eigenvalue weighted by molar-refractivity contribution is 6.09. The van der Waals surface area contributed by atoms with Crippen molar-refractivity contribution in [3.05, 3.63) is 78.1 Å². The second-order valence-corrected chi connectivity index (χ2v) is 9.97. The van der Waals surface area contributed by atoms with E-state index in [0.717, 1.165) is 16.9 Å². The van der Waals surface area contributed by atoms with E-state index < -0.39 is 5.60 Å². The Bertz CT molecular complexity index is 1370. The number of aryl methyl sites for hydroxylation is 1. The third kappa shape index (κ3) is 4.93. The number of hydrogen-bond acceptors (Lipinski definition) is 7. The lowest BCUT2D eigenvalue weighted by Gasteiger charge is -2.28. The first-order chi connectivity index (χ1) is 18.9. The van der Waals surface area contributed by atoms with Gasteiger partial charge >= 0.3 is 0 Å². The number of aliphatic hydroxyl groups is 1. The van der Waals surface area contributed by atoms with Gasteiger partial charge in [0.2, 0.25) is 0 Å². The summed E-state index contributed by atoms with van der Waals surface area (Å²) in [6, 6.07) is 12.4. The maximum absolute atomic E-state index is 13.9. The molecular weight excluding hydrogens is 498 g/mol. The number of carbonyl (C=O) groups excluding carboxylic acids is 2. The number of methoxy groups -OCH3 is 1. The average Bonchev–Trinajstić information content (AvgIpc) is 3.60. The number of ether oxygens (including phenoxy) is 2. The molecule has 2 aliphatic heterocycles. The molecule has 0 saturated carbocycles. The summed E-state index contributed by atoms with van der Waals surface area (Å²) in [5.74, 6) is 0.211. The Balaban J connectivity index is 1.38. The zero-order valence-electron chi connectivity index (χ0n) is 22.2. The molecule has 3 aromatic rings. The molecule has 1 aromatic heterocycles. The van der Waals surface area contributed by atoms with E-state index >= 15 is 0 Å². The van der Waals surface area contributed by atoms with Crippen LogP contribution in [-0.4, -0.2) is 58.3 Å². The van der Waals surface area contributed by atoms with Gasteiger partial charge in [-0.15, -0.1) is 11.7 Å². The molecule has 3 atom stereocenters. The van der Waals surface area contributed by atoms with Gasteiger partial charge in [-0.25, -0.2) is 0 Å². The summed E-state index contributed by atoms with van der Waals surface area (Å²) < 4.78 is 13.5. The fourth-order valence-electron chi connectivity index (χ4n) is 5.54. The fraction of sp³-hybridized carbons (Fsp3) is 0.379. The Morgan fingerprint density at radius 1 is 1.31 bits per heavy atom. The van der Waals surface area contributed by atoms with Gasteiger partial charge in [0, 0.05) is 55.0 Å². The van der Waals surface area contributed by atoms with E-state index in [1.807, 2.05) is 25.3 Å². The van der Waals surface area contributed by atoms with Crippen LogP contribution in [-0.2, 0) is 28.1 Å². The summed E-state index contributed by atoms with van der Waals surface area (Å²) in [6.07, 6.45) is 5.18. The van der Waals surface area contributed by atoms with Crippen LogP contribution in [0.4, 0.5) is 11.4 Å². The van der Waals surface area contributed by atoms with E-state index in [0.29, 0.717) is 49.4 Å². The number of carbonyl (C=O) groups is 2. The molecule has 0 bridgehead atoms. The van der Waals surface area contributed by atoms with E-state index in [4.69, 9.17) is 14.6 Å². The van der Waals surface area contributed by atoms with Gasteiger partial charge in [0.15, 0.2) is 5.60 Å². The number of anilines is 2. The maximum Gasteiger partial charge on any atom is 0.264 e. The SMILES string of the molecule is C=CCN1C(=O)[C@@]2(O[C@@H](CCn3cc(CCO)nn3)C[C@H]2C)c2cc(NC(=O)c3ccc(OC)cc3)ccc21. The van der Waals surface area contributed by atoms with Crippen LogP contribution >= 0.6 is 0 Å². The number of benzene rings is 2. The fourth-order valence-corrected chi connectivity index (χ4v) is 5.54. The number of fused-ring (bicyclic) bond motifs is 2. The Labute approximate surface area is 227 Å². The summed E-state index contributed by atoms with van der Waals surface area (Å²) in [5, 5.41) is 20.3. The van der Waals surface area contributed by atoms with Crippen molar-refractivity contribution in [2.75, 3.05) is 30.5 Å². The molecule has 0 aliphatic carbocycles. The summed E-state index contributed by atoms with van der Waals surface area (Å²) in [5.41, 5.74) is 2.19. The molecule has 1 fully saturated rings. The number of hydrogen-bond donors (Lipinski definition) is 2. The molecule has 0 unspecified atom stereocenters. The number of aliphatic hydroxyl groups excluding tert-OH is 1. The zero-order chi connectivity index (χ0) is 27.6. The topological polar surface area (TPSA) is 119 Å². The number of amides is 2. The lowest BCUT2D eigenvalue weighted by Crippen LogP contribution is -2.44. The third-order valence-electron chi connectivity index (χ3n) is 7.47. The van der Waals surface area contributed by atoms with Gasteiger partial charge in [-0.05, 0) is 55.3 Å². The van der Waals surface area contributed by atoms with Crippen LogP contribution in [0, 0.1) is 5.92 Å². The van der Waals surface area contributed by atoms with Crippen molar-refractivity contribution in [2.24, 2.45) is 5.92 Å². The van der Waals surface area contributed by atoms with Crippen LogP contribution in [0.5, 0.6) is 5.75 Å². The molecule has 2 amide bonds. The summed E-state index contributed by atoms with van der Waals surface area (Å²) >= 11 is 0. The van der Waals surface area contributed by atoms with Crippen molar-refractivity contribution in [1.29, 1.82) is 0 Å². The number of nitrogens with one attached hydrogen (secondary N) is 1. The van der Waals surface area contributed by atoms with Crippen molar-refractivity contribution in [2.45, 2.75) is 44.4 Å². The molecule has 1 saturated heterocycles. The van der Waals surface area contributed by atoms with Crippen LogP contribution < -0.4 is 15.0 Å². The molecule has 5 rings (SSSR count). The molecule has 2 aromatic carbocycles. The van der Waals surface area contributed by atoms with Gasteiger partial charge < -0.3 is 24.8 Å². The number of rotatable bonds is 10. The smallest absolute Gasteiger partial charge is 0.264 e. The van der Waals surface area contributed by atoms with Crippen molar-refractivity contribution >= 4 is 23.2 Å². The van der Waals surface area contributed by atoms with Gasteiger partial charge in [0.25, 0.3) is 11.8 Å². The minimum Gasteiger partial charge on any atom is -0.497 e.